The van der Waals surface area contributed by atoms with E-state index in [4.69, 9.17) is 9.15 Å². The zero-order valence-electron chi connectivity index (χ0n) is 17.5. The summed E-state index contributed by atoms with van der Waals surface area (Å²) in [6.45, 7) is 9.33. The molecule has 2 aliphatic heterocycles. The van der Waals surface area contributed by atoms with Gasteiger partial charge in [-0.1, -0.05) is 0 Å². The van der Waals surface area contributed by atoms with Gasteiger partial charge in [0.1, 0.15) is 5.76 Å². The molecule has 1 aromatic rings. The number of carbonyl (C=O) groups is 2. The van der Waals surface area contributed by atoms with E-state index in [9.17, 15) is 9.59 Å². The molecule has 0 aromatic carbocycles. The van der Waals surface area contributed by atoms with Gasteiger partial charge in [0.2, 0.25) is 11.8 Å². The van der Waals surface area contributed by atoms with Gasteiger partial charge in [-0.15, -0.1) is 0 Å². The van der Waals surface area contributed by atoms with Gasteiger partial charge in [-0.25, -0.2) is 0 Å². The minimum absolute atomic E-state index is 0.118. The Balaban J connectivity index is 1.31. The van der Waals surface area contributed by atoms with Crippen LogP contribution in [0.25, 0.3) is 6.08 Å². The van der Waals surface area contributed by atoms with Crippen LogP contribution in [0.1, 0.15) is 38.9 Å². The van der Waals surface area contributed by atoms with Crippen molar-refractivity contribution in [2.45, 2.75) is 45.3 Å². The van der Waals surface area contributed by atoms with Crippen molar-refractivity contribution in [2.24, 2.45) is 5.92 Å². The number of ether oxygens (including phenoxy) is 1. The fraction of sp³-hybridized carbons (Fsp3) is 0.636. The van der Waals surface area contributed by atoms with Crippen LogP contribution < -0.4 is 5.32 Å². The molecule has 7 heteroatoms. The second kappa shape index (κ2) is 10.6. The number of morpholine rings is 1. The van der Waals surface area contributed by atoms with Crippen LogP contribution in [0.15, 0.2) is 28.9 Å². The lowest BCUT2D eigenvalue weighted by Gasteiger charge is -2.39. The van der Waals surface area contributed by atoms with Crippen LogP contribution in [0, 0.1) is 5.92 Å². The SMILES string of the molecule is CC1CN(CC2CCN(C(=O)CCNC(=O)/C=C/c3ccco3)CC2)CC(C)O1. The fourth-order valence-electron chi connectivity index (χ4n) is 4.22. The first-order valence-electron chi connectivity index (χ1n) is 10.6. The first kappa shape index (κ1) is 21.6. The lowest BCUT2D eigenvalue weighted by molar-refractivity contribution is -0.132. The molecule has 1 N–H and O–H groups in total. The van der Waals surface area contributed by atoms with E-state index in [1.54, 1.807) is 24.5 Å². The van der Waals surface area contributed by atoms with Crippen molar-refractivity contribution in [1.82, 2.24) is 15.1 Å². The van der Waals surface area contributed by atoms with Gasteiger partial charge >= 0.3 is 0 Å². The largest absolute Gasteiger partial charge is 0.465 e. The van der Waals surface area contributed by atoms with Crippen LogP contribution in [0.2, 0.25) is 0 Å². The zero-order valence-corrected chi connectivity index (χ0v) is 17.5. The van der Waals surface area contributed by atoms with Crippen molar-refractivity contribution in [3.05, 3.63) is 30.2 Å². The molecule has 7 nitrogen and oxygen atoms in total. The molecule has 3 rings (SSSR count). The molecule has 0 saturated carbocycles. The molecule has 0 spiro atoms. The third-order valence-electron chi connectivity index (χ3n) is 5.56. The summed E-state index contributed by atoms with van der Waals surface area (Å²) in [5, 5.41) is 2.75. The van der Waals surface area contributed by atoms with Gasteiger partial charge in [-0.3, -0.25) is 14.5 Å². The van der Waals surface area contributed by atoms with E-state index in [0.29, 0.717) is 36.9 Å². The molecule has 3 heterocycles. The summed E-state index contributed by atoms with van der Waals surface area (Å²) in [6, 6.07) is 3.54. The minimum Gasteiger partial charge on any atom is -0.465 e. The van der Waals surface area contributed by atoms with Crippen LogP contribution in [0.5, 0.6) is 0 Å². The predicted molar refractivity (Wildman–Crippen MR) is 111 cm³/mol. The first-order valence-corrected chi connectivity index (χ1v) is 10.6. The van der Waals surface area contributed by atoms with Crippen LogP contribution in [0.3, 0.4) is 0 Å². The molecule has 2 fully saturated rings. The number of hydrogen-bond acceptors (Lipinski definition) is 5. The van der Waals surface area contributed by atoms with E-state index in [1.807, 2.05) is 4.90 Å². The monoisotopic (exact) mass is 403 g/mol. The summed E-state index contributed by atoms with van der Waals surface area (Å²) >= 11 is 0. The number of likely N-dealkylation sites (tertiary alicyclic amines) is 1. The Morgan fingerprint density at radius 2 is 1.93 bits per heavy atom. The van der Waals surface area contributed by atoms with Gasteiger partial charge in [-0.05, 0) is 50.8 Å². The normalized spacial score (nSPS) is 24.1. The summed E-state index contributed by atoms with van der Waals surface area (Å²) in [5.74, 6) is 1.16. The fourth-order valence-corrected chi connectivity index (χ4v) is 4.22. The van der Waals surface area contributed by atoms with Crippen molar-refractivity contribution in [2.75, 3.05) is 39.3 Å². The average molecular weight is 404 g/mol. The summed E-state index contributed by atoms with van der Waals surface area (Å²) in [4.78, 5) is 28.7. The Labute approximate surface area is 173 Å². The predicted octanol–water partition coefficient (Wildman–Crippen LogP) is 2.15. The van der Waals surface area contributed by atoms with Crippen LogP contribution in [-0.2, 0) is 14.3 Å². The summed E-state index contributed by atoms with van der Waals surface area (Å²) in [6.07, 6.45) is 7.60. The number of amides is 2. The van der Waals surface area contributed by atoms with Gasteiger partial charge in [0.05, 0.1) is 18.5 Å². The van der Waals surface area contributed by atoms with E-state index in [2.05, 4.69) is 24.1 Å². The molecular weight excluding hydrogens is 370 g/mol. The van der Waals surface area contributed by atoms with Gasteiger partial charge in [0.25, 0.3) is 0 Å². The quantitative estimate of drug-likeness (QED) is 0.706. The van der Waals surface area contributed by atoms with E-state index in [1.165, 1.54) is 6.08 Å². The van der Waals surface area contributed by atoms with Crippen molar-refractivity contribution in [3.8, 4) is 0 Å². The maximum absolute atomic E-state index is 12.4. The number of hydrogen-bond donors (Lipinski definition) is 1. The molecule has 0 radical (unpaired) electrons. The molecule has 2 aliphatic rings. The average Bonchev–Trinajstić information content (AvgIpc) is 3.20. The highest BCUT2D eigenvalue weighted by Crippen LogP contribution is 2.21. The topological polar surface area (TPSA) is 75.0 Å². The highest BCUT2D eigenvalue weighted by molar-refractivity contribution is 5.91. The van der Waals surface area contributed by atoms with Gasteiger partial charge < -0.3 is 19.4 Å². The second-order valence-corrected chi connectivity index (χ2v) is 8.19. The molecule has 2 amide bonds. The third-order valence-corrected chi connectivity index (χ3v) is 5.56. The summed E-state index contributed by atoms with van der Waals surface area (Å²) < 4.78 is 10.9. The molecule has 1 aromatic heterocycles. The number of nitrogens with zero attached hydrogens (tertiary/aromatic N) is 2. The molecule has 0 aliphatic carbocycles. The van der Waals surface area contributed by atoms with Crippen LogP contribution in [0.4, 0.5) is 0 Å². The van der Waals surface area contributed by atoms with Gasteiger partial charge in [0, 0.05) is 51.8 Å². The van der Waals surface area contributed by atoms with Crippen molar-refractivity contribution in [3.63, 3.8) is 0 Å². The highest BCUT2D eigenvalue weighted by Gasteiger charge is 2.27. The Bertz CT molecular complexity index is 670. The smallest absolute Gasteiger partial charge is 0.244 e. The lowest BCUT2D eigenvalue weighted by atomic mass is 9.95. The molecule has 2 unspecified atom stereocenters. The number of nitrogens with one attached hydrogen (secondary N) is 1. The second-order valence-electron chi connectivity index (χ2n) is 8.19. The number of furan rings is 1. The van der Waals surface area contributed by atoms with Crippen LogP contribution in [-0.4, -0.2) is 73.1 Å². The molecule has 2 saturated heterocycles. The van der Waals surface area contributed by atoms with E-state index in [-0.39, 0.29) is 11.8 Å². The third kappa shape index (κ3) is 7.01. The number of rotatable bonds is 7. The number of carbonyl (C=O) groups excluding carboxylic acids is 2. The van der Waals surface area contributed by atoms with Crippen LogP contribution >= 0.6 is 0 Å². The Hall–Kier alpha value is -2.12. The van der Waals surface area contributed by atoms with Crippen molar-refractivity contribution >= 4 is 17.9 Å². The Morgan fingerprint density at radius 1 is 1.21 bits per heavy atom. The zero-order chi connectivity index (χ0) is 20.6. The Kier molecular flexibility index (Phi) is 7.89. The maximum atomic E-state index is 12.4. The molecular formula is C22H33N3O4. The van der Waals surface area contributed by atoms with Crippen molar-refractivity contribution < 1.29 is 18.7 Å². The van der Waals surface area contributed by atoms with E-state index < -0.39 is 0 Å². The lowest BCUT2D eigenvalue weighted by Crippen LogP contribution is -2.48. The standard InChI is InChI=1S/C22H33N3O4/c1-17-14-24(15-18(2)29-17)16-19-8-11-25(12-9-19)22(27)7-10-23-21(26)6-5-20-4-3-13-28-20/h3-6,13,17-19H,7-12,14-16H2,1-2H3,(H,23,26)/b6-5+. The van der Waals surface area contributed by atoms with Crippen molar-refractivity contribution in [1.29, 1.82) is 0 Å². The Morgan fingerprint density at radius 3 is 2.59 bits per heavy atom. The van der Waals surface area contributed by atoms with Gasteiger partial charge in [-0.2, -0.15) is 0 Å². The first-order chi connectivity index (χ1) is 14.0. The molecule has 29 heavy (non-hydrogen) atoms. The summed E-state index contributed by atoms with van der Waals surface area (Å²) in [5.41, 5.74) is 0. The summed E-state index contributed by atoms with van der Waals surface area (Å²) in [7, 11) is 0. The van der Waals surface area contributed by atoms with E-state index in [0.717, 1.165) is 45.6 Å². The number of piperidine rings is 1. The van der Waals surface area contributed by atoms with E-state index >= 15 is 0 Å². The molecule has 2 atom stereocenters. The molecule has 0 bridgehead atoms. The molecule has 160 valence electrons. The maximum Gasteiger partial charge on any atom is 0.244 e. The highest BCUT2D eigenvalue weighted by atomic mass is 16.5. The van der Waals surface area contributed by atoms with Gasteiger partial charge in [0.15, 0.2) is 0 Å². The minimum atomic E-state index is -0.220.